The Hall–Kier alpha value is -0.990. The summed E-state index contributed by atoms with van der Waals surface area (Å²) in [7, 11) is -3.44. The standard InChI is InChI=1S/C15H25N3O3S/c1-3-16-22(19,20)17-12-15(18-8-10-21-11-9-18)14-6-4-13(2)5-7-14/h4-7,15-17H,3,8-12H2,1-2H3. The van der Waals surface area contributed by atoms with Gasteiger partial charge in [-0.1, -0.05) is 36.8 Å². The third-order valence-corrected chi connectivity index (χ3v) is 4.97. The average Bonchev–Trinajstić information content (AvgIpc) is 2.50. The summed E-state index contributed by atoms with van der Waals surface area (Å²) in [5.74, 6) is 0. The highest BCUT2D eigenvalue weighted by Crippen LogP contribution is 2.21. The van der Waals surface area contributed by atoms with Crippen LogP contribution in [0.25, 0.3) is 0 Å². The zero-order chi connectivity index (χ0) is 16.0. The van der Waals surface area contributed by atoms with E-state index in [2.05, 4.69) is 38.6 Å². The number of ether oxygens (including phenoxy) is 1. The molecule has 1 saturated heterocycles. The van der Waals surface area contributed by atoms with Crippen LogP contribution in [0.2, 0.25) is 0 Å². The molecule has 0 amide bonds. The first kappa shape index (κ1) is 17.4. The van der Waals surface area contributed by atoms with Crippen LogP contribution in [-0.2, 0) is 14.9 Å². The van der Waals surface area contributed by atoms with E-state index in [0.29, 0.717) is 26.3 Å². The molecule has 0 saturated carbocycles. The van der Waals surface area contributed by atoms with Crippen molar-refractivity contribution in [2.75, 3.05) is 39.4 Å². The highest BCUT2D eigenvalue weighted by molar-refractivity contribution is 7.87. The molecule has 1 aliphatic heterocycles. The van der Waals surface area contributed by atoms with Crippen LogP contribution in [0.5, 0.6) is 0 Å². The Morgan fingerprint density at radius 3 is 2.41 bits per heavy atom. The van der Waals surface area contributed by atoms with E-state index in [1.807, 2.05) is 6.92 Å². The van der Waals surface area contributed by atoms with E-state index in [1.165, 1.54) is 5.56 Å². The van der Waals surface area contributed by atoms with Gasteiger partial charge in [0.2, 0.25) is 0 Å². The summed E-state index contributed by atoms with van der Waals surface area (Å²) in [4.78, 5) is 2.27. The van der Waals surface area contributed by atoms with Crippen molar-refractivity contribution in [1.82, 2.24) is 14.3 Å². The van der Waals surface area contributed by atoms with E-state index in [1.54, 1.807) is 6.92 Å². The fraction of sp³-hybridized carbons (Fsp3) is 0.600. The molecule has 1 fully saturated rings. The van der Waals surface area contributed by atoms with Gasteiger partial charge in [-0.3, -0.25) is 4.90 Å². The molecule has 0 spiro atoms. The van der Waals surface area contributed by atoms with Crippen LogP contribution in [0.3, 0.4) is 0 Å². The van der Waals surface area contributed by atoms with Gasteiger partial charge in [0.1, 0.15) is 0 Å². The van der Waals surface area contributed by atoms with Crippen LogP contribution in [-0.4, -0.2) is 52.7 Å². The van der Waals surface area contributed by atoms with Crippen molar-refractivity contribution in [2.45, 2.75) is 19.9 Å². The van der Waals surface area contributed by atoms with E-state index in [4.69, 9.17) is 4.74 Å². The van der Waals surface area contributed by atoms with Crippen molar-refractivity contribution < 1.29 is 13.2 Å². The summed E-state index contributed by atoms with van der Waals surface area (Å²) >= 11 is 0. The minimum Gasteiger partial charge on any atom is -0.379 e. The second kappa shape index (κ2) is 8.03. The fourth-order valence-electron chi connectivity index (χ4n) is 2.57. The molecule has 2 rings (SSSR count). The van der Waals surface area contributed by atoms with Crippen LogP contribution in [0, 0.1) is 6.92 Å². The van der Waals surface area contributed by atoms with Gasteiger partial charge in [0.25, 0.3) is 10.2 Å². The Balaban J connectivity index is 2.12. The maximum absolute atomic E-state index is 11.8. The first-order chi connectivity index (χ1) is 10.5. The number of benzene rings is 1. The number of hydrogen-bond donors (Lipinski definition) is 2. The second-order valence-electron chi connectivity index (χ2n) is 5.42. The minimum absolute atomic E-state index is 0.0120. The predicted octanol–water partition coefficient (Wildman–Crippen LogP) is 0.812. The van der Waals surface area contributed by atoms with Crippen molar-refractivity contribution in [3.63, 3.8) is 0 Å². The maximum Gasteiger partial charge on any atom is 0.276 e. The van der Waals surface area contributed by atoms with Gasteiger partial charge in [0.05, 0.1) is 13.2 Å². The van der Waals surface area contributed by atoms with Gasteiger partial charge in [0, 0.05) is 32.2 Å². The molecule has 1 aromatic carbocycles. The summed E-state index contributed by atoms with van der Waals surface area (Å²) in [6.07, 6.45) is 0. The number of nitrogens with one attached hydrogen (secondary N) is 2. The number of aryl methyl sites for hydroxylation is 1. The predicted molar refractivity (Wildman–Crippen MR) is 86.9 cm³/mol. The molecule has 6 nitrogen and oxygen atoms in total. The largest absolute Gasteiger partial charge is 0.379 e. The molecule has 0 aromatic heterocycles. The van der Waals surface area contributed by atoms with Gasteiger partial charge in [-0.15, -0.1) is 0 Å². The first-order valence-corrected chi connectivity index (χ1v) is 9.13. The summed E-state index contributed by atoms with van der Waals surface area (Å²) in [5, 5.41) is 0. The smallest absolute Gasteiger partial charge is 0.276 e. The van der Waals surface area contributed by atoms with E-state index in [9.17, 15) is 8.42 Å². The molecule has 1 heterocycles. The van der Waals surface area contributed by atoms with E-state index < -0.39 is 10.2 Å². The van der Waals surface area contributed by atoms with E-state index in [-0.39, 0.29) is 6.04 Å². The molecule has 0 bridgehead atoms. The third kappa shape index (κ3) is 5.03. The topological polar surface area (TPSA) is 70.7 Å². The molecule has 1 unspecified atom stereocenters. The zero-order valence-corrected chi connectivity index (χ0v) is 14.0. The Labute approximate surface area is 133 Å². The van der Waals surface area contributed by atoms with Crippen molar-refractivity contribution in [3.05, 3.63) is 35.4 Å². The van der Waals surface area contributed by atoms with Gasteiger partial charge in [-0.05, 0) is 12.5 Å². The monoisotopic (exact) mass is 327 g/mol. The molecule has 124 valence electrons. The van der Waals surface area contributed by atoms with Crippen LogP contribution in [0.15, 0.2) is 24.3 Å². The molecular formula is C15H25N3O3S. The minimum atomic E-state index is -3.44. The lowest BCUT2D eigenvalue weighted by atomic mass is 10.0. The molecular weight excluding hydrogens is 302 g/mol. The van der Waals surface area contributed by atoms with Gasteiger partial charge in [0.15, 0.2) is 0 Å². The normalized spacial score (nSPS) is 18.3. The molecule has 1 aromatic rings. The van der Waals surface area contributed by atoms with Gasteiger partial charge >= 0.3 is 0 Å². The van der Waals surface area contributed by atoms with Crippen molar-refractivity contribution in [2.24, 2.45) is 0 Å². The Bertz CT molecular complexity index is 554. The highest BCUT2D eigenvalue weighted by atomic mass is 32.2. The lowest BCUT2D eigenvalue weighted by molar-refractivity contribution is 0.0172. The highest BCUT2D eigenvalue weighted by Gasteiger charge is 2.24. The molecule has 1 atom stereocenters. The molecule has 7 heteroatoms. The van der Waals surface area contributed by atoms with Crippen molar-refractivity contribution in [3.8, 4) is 0 Å². The summed E-state index contributed by atoms with van der Waals surface area (Å²) < 4.78 is 34.2. The SMILES string of the molecule is CCNS(=O)(=O)NCC(c1ccc(C)cc1)N1CCOCC1. The van der Waals surface area contributed by atoms with Crippen molar-refractivity contribution >= 4 is 10.2 Å². The third-order valence-electron chi connectivity index (χ3n) is 3.75. The fourth-order valence-corrected chi connectivity index (χ4v) is 3.42. The summed E-state index contributed by atoms with van der Waals surface area (Å²) in [6, 6.07) is 8.26. The lowest BCUT2D eigenvalue weighted by Gasteiger charge is -2.35. The second-order valence-corrected chi connectivity index (χ2v) is 7.01. The van der Waals surface area contributed by atoms with Crippen LogP contribution < -0.4 is 9.44 Å². The zero-order valence-electron chi connectivity index (χ0n) is 13.2. The molecule has 22 heavy (non-hydrogen) atoms. The summed E-state index contributed by atoms with van der Waals surface area (Å²) in [6.45, 7) is 7.51. The summed E-state index contributed by atoms with van der Waals surface area (Å²) in [5.41, 5.74) is 2.31. The number of morpholine rings is 1. The Morgan fingerprint density at radius 2 is 1.82 bits per heavy atom. The average molecular weight is 327 g/mol. The molecule has 2 N–H and O–H groups in total. The number of rotatable bonds is 7. The molecule has 0 radical (unpaired) electrons. The van der Waals surface area contributed by atoms with Crippen LogP contribution >= 0.6 is 0 Å². The van der Waals surface area contributed by atoms with E-state index in [0.717, 1.165) is 18.7 Å². The quantitative estimate of drug-likeness (QED) is 0.778. The Kier molecular flexibility index (Phi) is 6.34. The van der Waals surface area contributed by atoms with Crippen LogP contribution in [0.4, 0.5) is 0 Å². The number of hydrogen-bond acceptors (Lipinski definition) is 4. The first-order valence-electron chi connectivity index (χ1n) is 7.64. The molecule has 1 aliphatic rings. The lowest BCUT2D eigenvalue weighted by Crippen LogP contribution is -2.45. The van der Waals surface area contributed by atoms with Gasteiger partial charge in [-0.2, -0.15) is 8.42 Å². The van der Waals surface area contributed by atoms with E-state index >= 15 is 0 Å². The number of nitrogens with zero attached hydrogens (tertiary/aromatic N) is 1. The van der Waals surface area contributed by atoms with Gasteiger partial charge in [-0.25, -0.2) is 9.44 Å². The Morgan fingerprint density at radius 1 is 1.18 bits per heavy atom. The van der Waals surface area contributed by atoms with Crippen molar-refractivity contribution in [1.29, 1.82) is 0 Å². The van der Waals surface area contributed by atoms with Gasteiger partial charge < -0.3 is 4.74 Å². The maximum atomic E-state index is 11.8. The molecule has 0 aliphatic carbocycles. The van der Waals surface area contributed by atoms with Crippen LogP contribution in [0.1, 0.15) is 24.1 Å².